The largest absolute Gasteiger partial charge is 0.315 e. The van der Waals surface area contributed by atoms with Crippen molar-refractivity contribution in [1.29, 1.82) is 0 Å². The standard InChI is InChI=1S/C18H31ClN2/c1-15(2)5-6-17(11-12-20-13-14-21(3)4)16-7-9-18(19)10-8-16/h7-10,15,17,20H,5-6,11-14H2,1-4H3. The topological polar surface area (TPSA) is 15.3 Å². The first-order chi connectivity index (χ1) is 9.99. The van der Waals surface area contributed by atoms with Gasteiger partial charge in [0.25, 0.3) is 0 Å². The zero-order chi connectivity index (χ0) is 15.7. The van der Waals surface area contributed by atoms with Crippen LogP contribution in [0.4, 0.5) is 0 Å². The molecule has 1 aromatic rings. The second-order valence-corrected chi connectivity index (χ2v) is 7.00. The highest BCUT2D eigenvalue weighted by Crippen LogP contribution is 2.27. The molecule has 1 rings (SSSR count). The van der Waals surface area contributed by atoms with Crippen LogP contribution in [-0.2, 0) is 0 Å². The lowest BCUT2D eigenvalue weighted by atomic mass is 9.89. The zero-order valence-corrected chi connectivity index (χ0v) is 14.8. The van der Waals surface area contributed by atoms with Gasteiger partial charge in [-0.05, 0) is 63.0 Å². The summed E-state index contributed by atoms with van der Waals surface area (Å²) >= 11 is 6.00. The highest BCUT2D eigenvalue weighted by Gasteiger charge is 2.12. The van der Waals surface area contributed by atoms with Gasteiger partial charge in [-0.15, -0.1) is 0 Å². The number of benzene rings is 1. The molecule has 0 fully saturated rings. The van der Waals surface area contributed by atoms with Crippen LogP contribution in [0, 0.1) is 5.92 Å². The molecule has 0 saturated heterocycles. The van der Waals surface area contributed by atoms with Crippen LogP contribution in [0.25, 0.3) is 0 Å². The summed E-state index contributed by atoms with van der Waals surface area (Å²) in [6.45, 7) is 7.84. The maximum absolute atomic E-state index is 6.00. The predicted molar refractivity (Wildman–Crippen MR) is 94.3 cm³/mol. The third-order valence-electron chi connectivity index (χ3n) is 3.84. The van der Waals surface area contributed by atoms with Gasteiger partial charge in [-0.1, -0.05) is 44.0 Å². The average molecular weight is 311 g/mol. The van der Waals surface area contributed by atoms with Crippen molar-refractivity contribution >= 4 is 11.6 Å². The Labute approximate surface area is 135 Å². The van der Waals surface area contributed by atoms with Gasteiger partial charge < -0.3 is 10.2 Å². The normalized spacial score (nSPS) is 13.1. The Hall–Kier alpha value is -0.570. The van der Waals surface area contributed by atoms with Crippen molar-refractivity contribution < 1.29 is 0 Å². The molecule has 0 aliphatic rings. The number of nitrogens with one attached hydrogen (secondary N) is 1. The molecule has 120 valence electrons. The van der Waals surface area contributed by atoms with Gasteiger partial charge in [0.2, 0.25) is 0 Å². The number of nitrogens with zero attached hydrogens (tertiary/aromatic N) is 1. The molecule has 1 N–H and O–H groups in total. The SMILES string of the molecule is CC(C)CCC(CCNCCN(C)C)c1ccc(Cl)cc1. The molecule has 0 aromatic heterocycles. The van der Waals surface area contributed by atoms with Crippen LogP contribution in [0.1, 0.15) is 44.6 Å². The summed E-state index contributed by atoms with van der Waals surface area (Å²) in [5.74, 6) is 1.40. The maximum atomic E-state index is 6.00. The van der Waals surface area contributed by atoms with Gasteiger partial charge in [-0.2, -0.15) is 0 Å². The van der Waals surface area contributed by atoms with Gasteiger partial charge >= 0.3 is 0 Å². The van der Waals surface area contributed by atoms with Gasteiger partial charge in [0, 0.05) is 18.1 Å². The van der Waals surface area contributed by atoms with Crippen LogP contribution in [0.2, 0.25) is 5.02 Å². The summed E-state index contributed by atoms with van der Waals surface area (Å²) in [7, 11) is 4.22. The fraction of sp³-hybridized carbons (Fsp3) is 0.667. The van der Waals surface area contributed by atoms with Gasteiger partial charge in [0.05, 0.1) is 0 Å². The van der Waals surface area contributed by atoms with E-state index in [2.05, 4.69) is 50.3 Å². The van der Waals surface area contributed by atoms with Gasteiger partial charge in [-0.3, -0.25) is 0 Å². The van der Waals surface area contributed by atoms with Crippen molar-refractivity contribution in [3.8, 4) is 0 Å². The molecule has 3 heteroatoms. The molecule has 0 aliphatic carbocycles. The lowest BCUT2D eigenvalue weighted by Gasteiger charge is -2.19. The summed E-state index contributed by atoms with van der Waals surface area (Å²) in [6, 6.07) is 8.40. The van der Waals surface area contributed by atoms with Crippen LogP contribution in [0.15, 0.2) is 24.3 Å². The number of hydrogen-bond acceptors (Lipinski definition) is 2. The molecule has 0 bridgehead atoms. The molecule has 21 heavy (non-hydrogen) atoms. The first-order valence-corrected chi connectivity index (χ1v) is 8.47. The molecule has 1 aromatic carbocycles. The van der Waals surface area contributed by atoms with Crippen LogP contribution >= 0.6 is 11.6 Å². The molecule has 0 amide bonds. The van der Waals surface area contributed by atoms with E-state index in [0.717, 1.165) is 30.6 Å². The van der Waals surface area contributed by atoms with Crippen molar-refractivity contribution in [1.82, 2.24) is 10.2 Å². The summed E-state index contributed by atoms with van der Waals surface area (Å²) < 4.78 is 0. The highest BCUT2D eigenvalue weighted by molar-refractivity contribution is 6.30. The number of rotatable bonds is 10. The second kappa shape index (κ2) is 10.2. The van der Waals surface area contributed by atoms with Crippen molar-refractivity contribution in [3.05, 3.63) is 34.9 Å². The molecule has 2 nitrogen and oxygen atoms in total. The molecular weight excluding hydrogens is 280 g/mol. The van der Waals surface area contributed by atoms with Crippen LogP contribution in [0.5, 0.6) is 0 Å². The Bertz CT molecular complexity index is 373. The van der Waals surface area contributed by atoms with Gasteiger partial charge in [0.15, 0.2) is 0 Å². The van der Waals surface area contributed by atoms with E-state index < -0.39 is 0 Å². The Morgan fingerprint density at radius 2 is 1.67 bits per heavy atom. The quantitative estimate of drug-likeness (QED) is 0.644. The Morgan fingerprint density at radius 1 is 1.00 bits per heavy atom. The highest BCUT2D eigenvalue weighted by atomic mass is 35.5. The Morgan fingerprint density at radius 3 is 2.24 bits per heavy atom. The predicted octanol–water partition coefficient (Wildman–Crippen LogP) is 4.40. The third-order valence-corrected chi connectivity index (χ3v) is 4.09. The van der Waals surface area contributed by atoms with Crippen LogP contribution in [0.3, 0.4) is 0 Å². The minimum Gasteiger partial charge on any atom is -0.315 e. The lowest BCUT2D eigenvalue weighted by Crippen LogP contribution is -2.27. The minimum absolute atomic E-state index is 0.636. The molecule has 0 radical (unpaired) electrons. The van der Waals surface area contributed by atoms with Crippen LogP contribution in [-0.4, -0.2) is 38.6 Å². The number of hydrogen-bond donors (Lipinski definition) is 1. The summed E-state index contributed by atoms with van der Waals surface area (Å²) in [4.78, 5) is 2.21. The monoisotopic (exact) mass is 310 g/mol. The molecule has 0 aliphatic heterocycles. The van der Waals surface area contributed by atoms with E-state index in [1.165, 1.54) is 24.8 Å². The van der Waals surface area contributed by atoms with Crippen molar-refractivity contribution in [2.75, 3.05) is 33.7 Å². The van der Waals surface area contributed by atoms with Gasteiger partial charge in [-0.25, -0.2) is 0 Å². The first kappa shape index (κ1) is 18.5. The van der Waals surface area contributed by atoms with E-state index in [4.69, 9.17) is 11.6 Å². The molecule has 0 heterocycles. The fourth-order valence-corrected chi connectivity index (χ4v) is 2.58. The summed E-state index contributed by atoms with van der Waals surface area (Å²) in [5.41, 5.74) is 1.43. The Balaban J connectivity index is 2.46. The maximum Gasteiger partial charge on any atom is 0.0406 e. The van der Waals surface area contributed by atoms with Crippen LogP contribution < -0.4 is 5.32 Å². The second-order valence-electron chi connectivity index (χ2n) is 6.56. The van der Waals surface area contributed by atoms with E-state index in [9.17, 15) is 0 Å². The van der Waals surface area contributed by atoms with Gasteiger partial charge in [0.1, 0.15) is 0 Å². The van der Waals surface area contributed by atoms with E-state index >= 15 is 0 Å². The fourth-order valence-electron chi connectivity index (χ4n) is 2.45. The van der Waals surface area contributed by atoms with E-state index in [1.54, 1.807) is 0 Å². The lowest BCUT2D eigenvalue weighted by molar-refractivity contribution is 0.394. The van der Waals surface area contributed by atoms with E-state index in [-0.39, 0.29) is 0 Å². The van der Waals surface area contributed by atoms with Crippen molar-refractivity contribution in [2.24, 2.45) is 5.92 Å². The van der Waals surface area contributed by atoms with E-state index in [1.807, 2.05) is 12.1 Å². The zero-order valence-electron chi connectivity index (χ0n) is 14.0. The van der Waals surface area contributed by atoms with Crippen molar-refractivity contribution in [2.45, 2.75) is 39.0 Å². The summed E-state index contributed by atoms with van der Waals surface area (Å²) in [5, 5.41) is 4.37. The first-order valence-electron chi connectivity index (χ1n) is 8.10. The molecule has 0 saturated carbocycles. The number of likely N-dealkylation sites (N-methyl/N-ethyl adjacent to an activating group) is 1. The molecule has 0 spiro atoms. The Kier molecular flexibility index (Phi) is 8.98. The summed E-state index contributed by atoms with van der Waals surface area (Å²) in [6.07, 6.45) is 3.74. The number of halogens is 1. The van der Waals surface area contributed by atoms with E-state index in [0.29, 0.717) is 5.92 Å². The molecule has 1 atom stereocenters. The smallest absolute Gasteiger partial charge is 0.0406 e. The minimum atomic E-state index is 0.636. The van der Waals surface area contributed by atoms with Crippen molar-refractivity contribution in [3.63, 3.8) is 0 Å². The molecule has 1 unspecified atom stereocenters. The molecular formula is C18H31ClN2. The third kappa shape index (κ3) is 8.45. The average Bonchev–Trinajstić information content (AvgIpc) is 2.42.